The van der Waals surface area contributed by atoms with E-state index in [2.05, 4.69) is 10.6 Å². The number of aliphatic hydroxyl groups is 1. The van der Waals surface area contributed by atoms with Crippen molar-refractivity contribution in [3.05, 3.63) is 0 Å². The Morgan fingerprint density at radius 2 is 2.45 bits per heavy atom. The Morgan fingerprint density at radius 1 is 1.55 bits per heavy atom. The van der Waals surface area contributed by atoms with Crippen molar-refractivity contribution in [2.45, 2.75) is 12.8 Å². The van der Waals surface area contributed by atoms with E-state index >= 15 is 0 Å². The lowest BCUT2D eigenvalue weighted by molar-refractivity contribution is 0.285. The van der Waals surface area contributed by atoms with Gasteiger partial charge in [0.15, 0.2) is 0 Å². The molecule has 1 saturated heterocycles. The van der Waals surface area contributed by atoms with E-state index in [1.54, 1.807) is 0 Å². The molecule has 0 bridgehead atoms. The Labute approximate surface area is 68.2 Å². The maximum atomic E-state index is 8.51. The van der Waals surface area contributed by atoms with Crippen LogP contribution in [0, 0.1) is 5.92 Å². The van der Waals surface area contributed by atoms with Gasteiger partial charge in [0, 0.05) is 6.61 Å². The van der Waals surface area contributed by atoms with Crippen molar-refractivity contribution in [3.63, 3.8) is 0 Å². The standard InChI is InChI=1S/C8H18N2O/c11-5-1-3-9-6-8-2-4-10-7-8/h8-11H,1-7H2/t8-/m1/s1. The number of aliphatic hydroxyl groups excluding tert-OH is 1. The van der Waals surface area contributed by atoms with Crippen LogP contribution in [0.3, 0.4) is 0 Å². The molecule has 1 aliphatic rings. The third kappa shape index (κ3) is 3.70. The Bertz CT molecular complexity index is 92.1. The lowest BCUT2D eigenvalue weighted by atomic mass is 10.1. The van der Waals surface area contributed by atoms with E-state index in [0.717, 1.165) is 32.0 Å². The largest absolute Gasteiger partial charge is 0.396 e. The molecule has 0 spiro atoms. The van der Waals surface area contributed by atoms with E-state index in [1.807, 2.05) is 0 Å². The van der Waals surface area contributed by atoms with Gasteiger partial charge in [0.05, 0.1) is 0 Å². The van der Waals surface area contributed by atoms with E-state index < -0.39 is 0 Å². The molecule has 1 aliphatic heterocycles. The highest BCUT2D eigenvalue weighted by atomic mass is 16.3. The molecule has 0 unspecified atom stereocenters. The maximum absolute atomic E-state index is 8.51. The van der Waals surface area contributed by atoms with Crippen LogP contribution in [0.5, 0.6) is 0 Å². The zero-order valence-corrected chi connectivity index (χ0v) is 6.97. The summed E-state index contributed by atoms with van der Waals surface area (Å²) in [6.45, 7) is 4.69. The Morgan fingerprint density at radius 3 is 3.09 bits per heavy atom. The summed E-state index contributed by atoms with van der Waals surface area (Å²) in [7, 11) is 0. The Hall–Kier alpha value is -0.120. The molecule has 0 aliphatic carbocycles. The van der Waals surface area contributed by atoms with E-state index in [0.29, 0.717) is 6.61 Å². The van der Waals surface area contributed by atoms with Gasteiger partial charge in [-0.05, 0) is 44.9 Å². The van der Waals surface area contributed by atoms with E-state index in [9.17, 15) is 0 Å². The van der Waals surface area contributed by atoms with Crippen LogP contribution in [0.1, 0.15) is 12.8 Å². The lowest BCUT2D eigenvalue weighted by Crippen LogP contribution is -2.25. The van der Waals surface area contributed by atoms with Crippen molar-refractivity contribution in [2.75, 3.05) is 32.8 Å². The molecule has 3 nitrogen and oxygen atoms in total. The summed E-state index contributed by atoms with van der Waals surface area (Å²) in [6, 6.07) is 0. The predicted molar refractivity (Wildman–Crippen MR) is 45.5 cm³/mol. The van der Waals surface area contributed by atoms with Crippen LogP contribution < -0.4 is 10.6 Å². The van der Waals surface area contributed by atoms with Crippen LogP contribution in [-0.2, 0) is 0 Å². The fourth-order valence-electron chi connectivity index (χ4n) is 1.40. The quantitative estimate of drug-likeness (QED) is 0.476. The van der Waals surface area contributed by atoms with Gasteiger partial charge in [0.25, 0.3) is 0 Å². The van der Waals surface area contributed by atoms with Crippen LogP contribution >= 0.6 is 0 Å². The van der Waals surface area contributed by atoms with Crippen molar-refractivity contribution >= 4 is 0 Å². The highest BCUT2D eigenvalue weighted by Gasteiger charge is 2.12. The third-order valence-corrected chi connectivity index (χ3v) is 2.11. The first-order valence-electron chi connectivity index (χ1n) is 4.46. The number of rotatable bonds is 5. The molecule has 3 N–H and O–H groups in total. The molecular weight excluding hydrogens is 140 g/mol. The maximum Gasteiger partial charge on any atom is 0.0443 e. The van der Waals surface area contributed by atoms with Crippen LogP contribution in [-0.4, -0.2) is 37.9 Å². The Kier molecular flexibility index (Phi) is 4.50. The van der Waals surface area contributed by atoms with Gasteiger partial charge in [-0.25, -0.2) is 0 Å². The molecule has 1 heterocycles. The number of hydrogen-bond donors (Lipinski definition) is 3. The highest BCUT2D eigenvalue weighted by Crippen LogP contribution is 2.04. The summed E-state index contributed by atoms with van der Waals surface area (Å²) in [4.78, 5) is 0. The van der Waals surface area contributed by atoms with Crippen LogP contribution in [0.4, 0.5) is 0 Å². The van der Waals surface area contributed by atoms with E-state index in [-0.39, 0.29) is 0 Å². The normalized spacial score (nSPS) is 24.3. The molecule has 0 saturated carbocycles. The topological polar surface area (TPSA) is 44.3 Å². The van der Waals surface area contributed by atoms with Crippen LogP contribution in [0.25, 0.3) is 0 Å². The molecule has 0 radical (unpaired) electrons. The zero-order chi connectivity index (χ0) is 7.94. The van der Waals surface area contributed by atoms with E-state index in [1.165, 1.54) is 13.0 Å². The summed E-state index contributed by atoms with van der Waals surface area (Å²) < 4.78 is 0. The van der Waals surface area contributed by atoms with Crippen LogP contribution in [0.15, 0.2) is 0 Å². The fraction of sp³-hybridized carbons (Fsp3) is 1.00. The molecule has 11 heavy (non-hydrogen) atoms. The summed E-state index contributed by atoms with van der Waals surface area (Å²) in [6.07, 6.45) is 2.17. The molecule has 1 fully saturated rings. The molecular formula is C8H18N2O. The minimum absolute atomic E-state index is 0.302. The fourth-order valence-corrected chi connectivity index (χ4v) is 1.40. The van der Waals surface area contributed by atoms with Gasteiger partial charge in [0.2, 0.25) is 0 Å². The first kappa shape index (κ1) is 8.97. The average molecular weight is 158 g/mol. The highest BCUT2D eigenvalue weighted by molar-refractivity contribution is 4.72. The number of nitrogens with one attached hydrogen (secondary N) is 2. The first-order chi connectivity index (χ1) is 5.43. The minimum atomic E-state index is 0.302. The molecule has 3 heteroatoms. The molecule has 0 aromatic rings. The van der Waals surface area contributed by atoms with Crippen molar-refractivity contribution in [2.24, 2.45) is 5.92 Å². The average Bonchev–Trinajstić information content (AvgIpc) is 2.50. The molecule has 1 atom stereocenters. The minimum Gasteiger partial charge on any atom is -0.396 e. The Balaban J connectivity index is 1.86. The number of hydrogen-bond acceptors (Lipinski definition) is 3. The molecule has 66 valence electrons. The summed E-state index contributed by atoms with van der Waals surface area (Å²) >= 11 is 0. The van der Waals surface area contributed by atoms with Gasteiger partial charge in [-0.3, -0.25) is 0 Å². The van der Waals surface area contributed by atoms with Gasteiger partial charge in [0.1, 0.15) is 0 Å². The smallest absolute Gasteiger partial charge is 0.0443 e. The van der Waals surface area contributed by atoms with Gasteiger partial charge in [-0.15, -0.1) is 0 Å². The van der Waals surface area contributed by atoms with Crippen molar-refractivity contribution < 1.29 is 5.11 Å². The summed E-state index contributed by atoms with van der Waals surface area (Å²) in [5, 5.41) is 15.2. The second-order valence-corrected chi connectivity index (χ2v) is 3.14. The zero-order valence-electron chi connectivity index (χ0n) is 6.97. The summed E-state index contributed by atoms with van der Waals surface area (Å²) in [5.74, 6) is 0.814. The van der Waals surface area contributed by atoms with Gasteiger partial charge in [-0.2, -0.15) is 0 Å². The lowest BCUT2D eigenvalue weighted by Gasteiger charge is -2.08. The molecule has 1 rings (SSSR count). The third-order valence-electron chi connectivity index (χ3n) is 2.11. The monoisotopic (exact) mass is 158 g/mol. The SMILES string of the molecule is OCCCNC[C@H]1CCNC1. The first-order valence-corrected chi connectivity index (χ1v) is 4.46. The molecule has 0 aromatic heterocycles. The molecule has 0 aromatic carbocycles. The second-order valence-electron chi connectivity index (χ2n) is 3.14. The predicted octanol–water partition coefficient (Wildman–Crippen LogP) is -0.432. The molecule has 0 amide bonds. The van der Waals surface area contributed by atoms with Crippen molar-refractivity contribution in [3.8, 4) is 0 Å². The van der Waals surface area contributed by atoms with Crippen molar-refractivity contribution in [1.82, 2.24) is 10.6 Å². The van der Waals surface area contributed by atoms with Crippen LogP contribution in [0.2, 0.25) is 0 Å². The van der Waals surface area contributed by atoms with Gasteiger partial charge < -0.3 is 15.7 Å². The second kappa shape index (κ2) is 5.52. The van der Waals surface area contributed by atoms with Gasteiger partial charge >= 0.3 is 0 Å². The summed E-state index contributed by atoms with van der Waals surface area (Å²) in [5.41, 5.74) is 0. The van der Waals surface area contributed by atoms with Crippen molar-refractivity contribution in [1.29, 1.82) is 0 Å². The van der Waals surface area contributed by atoms with E-state index in [4.69, 9.17) is 5.11 Å². The van der Waals surface area contributed by atoms with Gasteiger partial charge in [-0.1, -0.05) is 0 Å².